The van der Waals surface area contributed by atoms with Gasteiger partial charge < -0.3 is 39.9 Å². The predicted molar refractivity (Wildman–Crippen MR) is 249 cm³/mol. The van der Waals surface area contributed by atoms with E-state index in [1.165, 1.54) is 154 Å². The van der Waals surface area contributed by atoms with Crippen LogP contribution in [0.4, 0.5) is 0 Å². The quantitative estimate of drug-likeness (QED) is 0.0147. The largest absolute Gasteiger partial charge is 0.472 e. The molecule has 1 fully saturated rings. The molecule has 6 atom stereocenters. The number of hydrogen-bond donors (Lipinski definition) is 6. The zero-order valence-electron chi connectivity index (χ0n) is 39.4. The second kappa shape index (κ2) is 40.4. The fourth-order valence-corrected chi connectivity index (χ4v) is 9.03. The first kappa shape index (κ1) is 59.1. The molecule has 6 N–H and O–H groups in total. The number of esters is 1. The number of phosphoric ester groups is 1. The van der Waals surface area contributed by atoms with E-state index in [1.807, 2.05) is 0 Å². The molecule has 0 radical (unpaired) electrons. The Balaban J connectivity index is 2.34. The fourth-order valence-electron chi connectivity index (χ4n) is 8.06. The minimum atomic E-state index is -5.02. The van der Waals surface area contributed by atoms with Gasteiger partial charge in [-0.25, -0.2) is 4.57 Å². The minimum absolute atomic E-state index is 0.0750. The summed E-state index contributed by atoms with van der Waals surface area (Å²) in [5.74, 6) is -0.474. The van der Waals surface area contributed by atoms with Crippen molar-refractivity contribution in [3.63, 3.8) is 0 Å². The van der Waals surface area contributed by atoms with E-state index in [-0.39, 0.29) is 13.0 Å². The number of aliphatic hydroxyl groups excluding tert-OH is 5. The van der Waals surface area contributed by atoms with E-state index < -0.39 is 63.1 Å². The van der Waals surface area contributed by atoms with Gasteiger partial charge in [-0.2, -0.15) is 0 Å². The van der Waals surface area contributed by atoms with Gasteiger partial charge in [-0.3, -0.25) is 13.8 Å². The molecule has 12 nitrogen and oxygen atoms in total. The standard InChI is InChI=1S/C49H95O12P/c1-3-5-7-9-11-13-15-17-19-21-22-24-26-28-30-32-34-36-38-43(50)60-42(41-59-62(56,57)61-49-47(54)45(52)44(51)46(53)48(49)55)40-58-39-37-35-33-31-29-27-25-23-20-18-16-14-12-10-8-6-4-2/h20,23,42,44-49,51-55H,3-19,21-22,24-41H2,1-2H3,(H,56,57)/b23-20-. The number of allylic oxidation sites excluding steroid dienone is 2. The molecule has 1 aliphatic carbocycles. The Hall–Kier alpha value is -0.920. The molecule has 6 unspecified atom stereocenters. The second-order valence-corrected chi connectivity index (χ2v) is 19.4. The Labute approximate surface area is 377 Å². The number of ether oxygens (including phenoxy) is 2. The van der Waals surface area contributed by atoms with Gasteiger partial charge in [-0.1, -0.05) is 199 Å². The molecule has 0 heterocycles. The van der Waals surface area contributed by atoms with Crippen LogP contribution < -0.4 is 0 Å². The summed E-state index contributed by atoms with van der Waals surface area (Å²) in [6.45, 7) is 4.29. The number of carbonyl (C=O) groups is 1. The molecule has 1 aliphatic rings. The predicted octanol–water partition coefficient (Wildman–Crippen LogP) is 11.1. The number of unbranched alkanes of at least 4 members (excludes halogenated alkanes) is 30. The lowest BCUT2D eigenvalue weighted by Gasteiger charge is -2.41. The fraction of sp³-hybridized carbons (Fsp3) is 0.939. The molecular weight excluding hydrogens is 812 g/mol. The highest BCUT2D eigenvalue weighted by Gasteiger charge is 2.51. The van der Waals surface area contributed by atoms with Crippen molar-refractivity contribution < 1.29 is 58.3 Å². The summed E-state index contributed by atoms with van der Waals surface area (Å²) in [6.07, 6.45) is 32.7. The van der Waals surface area contributed by atoms with Gasteiger partial charge in [0, 0.05) is 13.0 Å². The van der Waals surface area contributed by atoms with Crippen molar-refractivity contribution in [1.29, 1.82) is 0 Å². The van der Waals surface area contributed by atoms with Gasteiger partial charge in [-0.15, -0.1) is 0 Å². The molecule has 1 rings (SSSR count). The second-order valence-electron chi connectivity index (χ2n) is 18.0. The Bertz CT molecular complexity index is 1080. The topological polar surface area (TPSA) is 192 Å². The number of carbonyl (C=O) groups excluding carboxylic acids is 1. The minimum Gasteiger partial charge on any atom is -0.457 e. The van der Waals surface area contributed by atoms with Crippen LogP contribution in [-0.4, -0.2) is 98.9 Å². The van der Waals surface area contributed by atoms with Crippen molar-refractivity contribution in [3.8, 4) is 0 Å². The first-order valence-corrected chi connectivity index (χ1v) is 27.0. The van der Waals surface area contributed by atoms with Gasteiger partial charge in [0.05, 0.1) is 13.2 Å². The summed E-state index contributed by atoms with van der Waals surface area (Å²) < 4.78 is 34.3. The molecule has 0 aliphatic heterocycles. The molecule has 0 aromatic rings. The summed E-state index contributed by atoms with van der Waals surface area (Å²) >= 11 is 0. The van der Waals surface area contributed by atoms with Crippen LogP contribution in [0.3, 0.4) is 0 Å². The Morgan fingerprint density at radius 1 is 0.500 bits per heavy atom. The first-order valence-electron chi connectivity index (χ1n) is 25.5. The van der Waals surface area contributed by atoms with Crippen molar-refractivity contribution in [2.75, 3.05) is 19.8 Å². The maximum absolute atomic E-state index is 12.8. The Morgan fingerprint density at radius 2 is 0.855 bits per heavy atom. The van der Waals surface area contributed by atoms with Crippen LogP contribution in [0.1, 0.15) is 232 Å². The Morgan fingerprint density at radius 3 is 1.27 bits per heavy atom. The highest BCUT2D eigenvalue weighted by atomic mass is 31.2. The number of hydrogen-bond acceptors (Lipinski definition) is 11. The number of aliphatic hydroxyl groups is 5. The van der Waals surface area contributed by atoms with Gasteiger partial charge in [0.1, 0.15) is 42.7 Å². The van der Waals surface area contributed by atoms with Gasteiger partial charge >= 0.3 is 13.8 Å². The molecule has 368 valence electrons. The molecule has 0 bridgehead atoms. The van der Waals surface area contributed by atoms with Crippen molar-refractivity contribution in [1.82, 2.24) is 0 Å². The van der Waals surface area contributed by atoms with Crippen molar-refractivity contribution >= 4 is 13.8 Å². The van der Waals surface area contributed by atoms with Crippen LogP contribution in [-0.2, 0) is 27.9 Å². The zero-order valence-corrected chi connectivity index (χ0v) is 40.3. The molecular formula is C49H95O12P. The summed E-state index contributed by atoms with van der Waals surface area (Å²) in [5, 5.41) is 50.3. The van der Waals surface area contributed by atoms with Gasteiger partial charge in [0.25, 0.3) is 0 Å². The molecule has 13 heteroatoms. The third-order valence-electron chi connectivity index (χ3n) is 12.1. The van der Waals surface area contributed by atoms with Gasteiger partial charge in [-0.05, 0) is 38.5 Å². The van der Waals surface area contributed by atoms with E-state index in [1.54, 1.807) is 0 Å². The first-order chi connectivity index (χ1) is 30.0. The normalized spacial score (nSPS) is 22.0. The summed E-state index contributed by atoms with van der Waals surface area (Å²) in [6, 6.07) is 0. The molecule has 62 heavy (non-hydrogen) atoms. The maximum Gasteiger partial charge on any atom is 0.472 e. The van der Waals surface area contributed by atoms with Crippen molar-refractivity contribution in [2.24, 2.45) is 0 Å². The van der Waals surface area contributed by atoms with Crippen molar-refractivity contribution in [3.05, 3.63) is 12.2 Å². The monoisotopic (exact) mass is 907 g/mol. The summed E-state index contributed by atoms with van der Waals surface area (Å²) in [5.41, 5.74) is 0. The smallest absolute Gasteiger partial charge is 0.457 e. The van der Waals surface area contributed by atoms with Gasteiger partial charge in [0.15, 0.2) is 0 Å². The third kappa shape index (κ3) is 31.9. The highest BCUT2D eigenvalue weighted by molar-refractivity contribution is 7.47. The molecule has 1 saturated carbocycles. The van der Waals surface area contributed by atoms with E-state index in [2.05, 4.69) is 26.0 Å². The van der Waals surface area contributed by atoms with E-state index in [0.29, 0.717) is 13.0 Å². The van der Waals surface area contributed by atoms with E-state index in [9.17, 15) is 39.8 Å². The van der Waals surface area contributed by atoms with E-state index in [0.717, 1.165) is 51.4 Å². The van der Waals surface area contributed by atoms with Crippen LogP contribution in [0.2, 0.25) is 0 Å². The Kier molecular flexibility index (Phi) is 38.5. The van der Waals surface area contributed by atoms with Crippen LogP contribution >= 0.6 is 7.82 Å². The lowest BCUT2D eigenvalue weighted by molar-refractivity contribution is -0.220. The SMILES string of the molecule is CCCCCCCCC/C=C\CCCCCCCCOCC(COP(=O)(O)OC1C(O)C(O)C(O)C(O)C1O)OC(=O)CCCCCCCCCCCCCCCCCCCC. The van der Waals surface area contributed by atoms with Crippen LogP contribution in [0, 0.1) is 0 Å². The third-order valence-corrected chi connectivity index (χ3v) is 13.1. The summed E-state index contributed by atoms with van der Waals surface area (Å²) in [4.78, 5) is 23.2. The van der Waals surface area contributed by atoms with Crippen LogP contribution in [0.25, 0.3) is 0 Å². The number of rotatable bonds is 44. The highest BCUT2D eigenvalue weighted by Crippen LogP contribution is 2.47. The van der Waals surface area contributed by atoms with E-state index >= 15 is 0 Å². The molecule has 0 amide bonds. The van der Waals surface area contributed by atoms with Crippen LogP contribution in [0.5, 0.6) is 0 Å². The molecule has 0 aromatic heterocycles. The van der Waals surface area contributed by atoms with Crippen LogP contribution in [0.15, 0.2) is 12.2 Å². The maximum atomic E-state index is 12.8. The molecule has 0 aromatic carbocycles. The summed E-state index contributed by atoms with van der Waals surface area (Å²) in [7, 11) is -5.02. The number of phosphoric acid groups is 1. The van der Waals surface area contributed by atoms with Gasteiger partial charge in [0.2, 0.25) is 0 Å². The lowest BCUT2D eigenvalue weighted by atomic mass is 9.85. The zero-order chi connectivity index (χ0) is 45.5. The van der Waals surface area contributed by atoms with E-state index in [4.69, 9.17) is 18.5 Å². The lowest BCUT2D eigenvalue weighted by Crippen LogP contribution is -2.64. The van der Waals surface area contributed by atoms with Crippen molar-refractivity contribution in [2.45, 2.75) is 275 Å². The molecule has 0 saturated heterocycles. The average molecular weight is 907 g/mol. The average Bonchev–Trinajstić information content (AvgIpc) is 3.26. The molecule has 0 spiro atoms.